The van der Waals surface area contributed by atoms with Crippen LogP contribution in [0.5, 0.6) is 0 Å². The van der Waals surface area contributed by atoms with Crippen LogP contribution >= 0.6 is 0 Å². The second-order valence-electron chi connectivity index (χ2n) is 6.55. The second kappa shape index (κ2) is 7.09. The molecule has 0 unspecified atom stereocenters. The van der Waals surface area contributed by atoms with Crippen molar-refractivity contribution in [2.24, 2.45) is 11.3 Å². The minimum absolute atomic E-state index is 0.0816. The summed E-state index contributed by atoms with van der Waals surface area (Å²) in [6.45, 7) is 0.317. The van der Waals surface area contributed by atoms with Gasteiger partial charge in [-0.3, -0.25) is 9.59 Å². The number of carboxylic acid groups (broad SMARTS) is 1. The van der Waals surface area contributed by atoms with Crippen LogP contribution in [-0.2, 0) is 9.59 Å². The zero-order valence-corrected chi connectivity index (χ0v) is 12.3. The summed E-state index contributed by atoms with van der Waals surface area (Å²) < 4.78 is 0. The van der Waals surface area contributed by atoms with E-state index in [1.807, 2.05) is 0 Å². The zero-order chi connectivity index (χ0) is 14.4. The van der Waals surface area contributed by atoms with Gasteiger partial charge in [-0.25, -0.2) is 0 Å². The summed E-state index contributed by atoms with van der Waals surface area (Å²) in [4.78, 5) is 23.8. The van der Waals surface area contributed by atoms with Gasteiger partial charge in [0.25, 0.3) is 0 Å². The minimum atomic E-state index is -0.738. The van der Waals surface area contributed by atoms with Gasteiger partial charge in [0.05, 0.1) is 5.41 Å². The van der Waals surface area contributed by atoms with E-state index in [9.17, 15) is 14.7 Å². The predicted octanol–water partition coefficient (Wildman–Crippen LogP) is 3.11. The summed E-state index contributed by atoms with van der Waals surface area (Å²) in [5, 5.41) is 12.5. The van der Waals surface area contributed by atoms with Crippen molar-refractivity contribution in [1.29, 1.82) is 0 Å². The summed E-state index contributed by atoms with van der Waals surface area (Å²) in [6.07, 6.45) is 11.1. The highest BCUT2D eigenvalue weighted by Gasteiger charge is 2.40. The lowest BCUT2D eigenvalue weighted by Crippen LogP contribution is -2.45. The number of hydrogen-bond donors (Lipinski definition) is 2. The Bertz CT molecular complexity index is 340. The van der Waals surface area contributed by atoms with E-state index in [2.05, 4.69) is 5.32 Å². The van der Waals surface area contributed by atoms with Crippen LogP contribution in [0.25, 0.3) is 0 Å². The van der Waals surface area contributed by atoms with Gasteiger partial charge in [0, 0.05) is 12.5 Å². The molecule has 114 valence electrons. The zero-order valence-electron chi connectivity index (χ0n) is 12.3. The number of amides is 1. The van der Waals surface area contributed by atoms with Gasteiger partial charge in [0.1, 0.15) is 0 Å². The van der Waals surface area contributed by atoms with Gasteiger partial charge in [0.15, 0.2) is 0 Å². The van der Waals surface area contributed by atoms with Crippen LogP contribution < -0.4 is 5.32 Å². The molecular weight excluding hydrogens is 254 g/mol. The number of aliphatic carboxylic acids is 1. The maximum Gasteiger partial charge on any atom is 0.311 e. The van der Waals surface area contributed by atoms with Crippen molar-refractivity contribution in [2.75, 3.05) is 6.54 Å². The van der Waals surface area contributed by atoms with Crippen LogP contribution in [0.1, 0.15) is 70.6 Å². The molecular formula is C16H27NO3. The quantitative estimate of drug-likeness (QED) is 0.778. The molecule has 4 heteroatoms. The normalized spacial score (nSPS) is 23.8. The molecule has 2 rings (SSSR count). The Labute approximate surface area is 121 Å². The average Bonchev–Trinajstić information content (AvgIpc) is 2.74. The Hall–Kier alpha value is -1.06. The molecule has 0 aromatic rings. The van der Waals surface area contributed by atoms with Crippen LogP contribution in [0.4, 0.5) is 0 Å². The fourth-order valence-corrected chi connectivity index (χ4v) is 3.64. The number of carbonyl (C=O) groups is 2. The first-order chi connectivity index (χ1) is 9.64. The lowest BCUT2D eigenvalue weighted by Gasteiger charge is -2.33. The third-order valence-corrected chi connectivity index (χ3v) is 5.09. The lowest BCUT2D eigenvalue weighted by atomic mass is 9.74. The number of rotatable bonds is 4. The second-order valence-corrected chi connectivity index (χ2v) is 6.55. The predicted molar refractivity (Wildman–Crippen MR) is 77.4 cm³/mol. The van der Waals surface area contributed by atoms with E-state index in [1.54, 1.807) is 0 Å². The van der Waals surface area contributed by atoms with E-state index in [0.29, 0.717) is 19.4 Å². The first-order valence-corrected chi connectivity index (χ1v) is 8.15. The third-order valence-electron chi connectivity index (χ3n) is 5.09. The van der Waals surface area contributed by atoms with Gasteiger partial charge in [0.2, 0.25) is 5.91 Å². The number of nitrogens with one attached hydrogen (secondary N) is 1. The molecule has 20 heavy (non-hydrogen) atoms. The fraction of sp³-hybridized carbons (Fsp3) is 0.875. The Balaban J connectivity index is 1.88. The van der Waals surface area contributed by atoms with E-state index in [1.165, 1.54) is 12.8 Å². The number of hydrogen-bond acceptors (Lipinski definition) is 2. The SMILES string of the molecule is O=C(NCC1(C(=O)O)CCCCC1)C1CCCCCC1. The number of carbonyl (C=O) groups excluding carboxylic acids is 1. The van der Waals surface area contributed by atoms with Crippen LogP contribution in [-0.4, -0.2) is 23.5 Å². The van der Waals surface area contributed by atoms with Crippen molar-refractivity contribution in [3.63, 3.8) is 0 Å². The van der Waals surface area contributed by atoms with E-state index < -0.39 is 11.4 Å². The van der Waals surface area contributed by atoms with Gasteiger partial charge in [-0.05, 0) is 25.7 Å². The molecule has 0 heterocycles. The molecule has 0 aromatic carbocycles. The Morgan fingerprint density at radius 1 is 0.950 bits per heavy atom. The van der Waals surface area contributed by atoms with E-state index in [0.717, 1.165) is 44.9 Å². The molecule has 0 atom stereocenters. The van der Waals surface area contributed by atoms with Crippen LogP contribution in [0.3, 0.4) is 0 Å². The smallest absolute Gasteiger partial charge is 0.311 e. The summed E-state index contributed by atoms with van der Waals surface area (Å²) in [5.74, 6) is -0.552. The molecule has 2 N–H and O–H groups in total. The molecule has 2 aliphatic carbocycles. The molecule has 0 spiro atoms. The maximum absolute atomic E-state index is 12.3. The van der Waals surface area contributed by atoms with Crippen LogP contribution in [0.15, 0.2) is 0 Å². The van der Waals surface area contributed by atoms with Crippen molar-refractivity contribution in [1.82, 2.24) is 5.32 Å². The molecule has 1 amide bonds. The standard InChI is InChI=1S/C16H27NO3/c18-14(13-8-4-1-2-5-9-13)17-12-16(15(19)20)10-6-3-7-11-16/h13H,1-12H2,(H,17,18)(H,19,20). The van der Waals surface area contributed by atoms with Crippen molar-refractivity contribution < 1.29 is 14.7 Å². The summed E-state index contributed by atoms with van der Waals surface area (Å²) in [5.41, 5.74) is -0.710. The van der Waals surface area contributed by atoms with E-state index >= 15 is 0 Å². The van der Waals surface area contributed by atoms with Crippen LogP contribution in [0.2, 0.25) is 0 Å². The van der Waals surface area contributed by atoms with Gasteiger partial charge in [-0.15, -0.1) is 0 Å². The monoisotopic (exact) mass is 281 g/mol. The van der Waals surface area contributed by atoms with Gasteiger partial charge in [-0.1, -0.05) is 44.9 Å². The molecule has 2 aliphatic rings. The molecule has 0 radical (unpaired) electrons. The number of carboxylic acids is 1. The highest BCUT2D eigenvalue weighted by atomic mass is 16.4. The van der Waals surface area contributed by atoms with E-state index in [-0.39, 0.29) is 11.8 Å². The maximum atomic E-state index is 12.3. The first-order valence-electron chi connectivity index (χ1n) is 8.15. The van der Waals surface area contributed by atoms with Gasteiger partial charge >= 0.3 is 5.97 Å². The summed E-state index contributed by atoms with van der Waals surface area (Å²) >= 11 is 0. The molecule has 0 aromatic heterocycles. The molecule has 0 bridgehead atoms. The topological polar surface area (TPSA) is 66.4 Å². The molecule has 2 fully saturated rings. The first kappa shape index (κ1) is 15.3. The molecule has 2 saturated carbocycles. The molecule has 0 saturated heterocycles. The Kier molecular flexibility index (Phi) is 5.44. The minimum Gasteiger partial charge on any atom is -0.481 e. The molecule has 0 aliphatic heterocycles. The van der Waals surface area contributed by atoms with Crippen molar-refractivity contribution in [3.05, 3.63) is 0 Å². The summed E-state index contributed by atoms with van der Waals surface area (Å²) in [6, 6.07) is 0. The van der Waals surface area contributed by atoms with Crippen molar-refractivity contribution >= 4 is 11.9 Å². The van der Waals surface area contributed by atoms with Crippen molar-refractivity contribution in [3.8, 4) is 0 Å². The molecule has 4 nitrogen and oxygen atoms in total. The summed E-state index contributed by atoms with van der Waals surface area (Å²) in [7, 11) is 0. The van der Waals surface area contributed by atoms with Gasteiger partial charge < -0.3 is 10.4 Å². The largest absolute Gasteiger partial charge is 0.481 e. The van der Waals surface area contributed by atoms with Crippen LogP contribution in [0, 0.1) is 11.3 Å². The van der Waals surface area contributed by atoms with Gasteiger partial charge in [-0.2, -0.15) is 0 Å². The Morgan fingerprint density at radius 2 is 1.50 bits per heavy atom. The fourth-order valence-electron chi connectivity index (χ4n) is 3.64. The Morgan fingerprint density at radius 3 is 2.05 bits per heavy atom. The highest BCUT2D eigenvalue weighted by molar-refractivity contribution is 5.80. The van der Waals surface area contributed by atoms with E-state index in [4.69, 9.17) is 0 Å². The highest BCUT2D eigenvalue weighted by Crippen LogP contribution is 2.36. The third kappa shape index (κ3) is 3.74. The lowest BCUT2D eigenvalue weighted by molar-refractivity contribution is -0.151. The average molecular weight is 281 g/mol. The van der Waals surface area contributed by atoms with Crippen molar-refractivity contribution in [2.45, 2.75) is 70.6 Å².